The number of amides is 2. The number of piperidine rings is 1. The average Bonchev–Trinajstić information content (AvgIpc) is 2.75. The Kier molecular flexibility index (Phi) is 6.80. The summed E-state index contributed by atoms with van der Waals surface area (Å²) >= 11 is 0. The third kappa shape index (κ3) is 5.02. The maximum Gasteiger partial charge on any atom is 0.239 e. The number of benzene rings is 2. The predicted octanol–water partition coefficient (Wildman–Crippen LogP) is 2.56. The van der Waals surface area contributed by atoms with Gasteiger partial charge in [0.2, 0.25) is 11.8 Å². The molecule has 6 nitrogen and oxygen atoms in total. The molecule has 1 heterocycles. The lowest BCUT2D eigenvalue weighted by atomic mass is 9.93. The first-order chi connectivity index (χ1) is 14.4. The van der Waals surface area contributed by atoms with Crippen LogP contribution in [0.1, 0.15) is 41.1 Å². The lowest BCUT2D eigenvalue weighted by molar-refractivity contribution is -0.128. The average molecular weight is 408 g/mol. The van der Waals surface area contributed by atoms with E-state index in [1.54, 1.807) is 43.3 Å². The summed E-state index contributed by atoms with van der Waals surface area (Å²) < 4.78 is 13.7. The summed E-state index contributed by atoms with van der Waals surface area (Å²) in [5.74, 6) is -0.963. The fraction of sp³-hybridized carbons (Fsp3) is 0.348. The van der Waals surface area contributed by atoms with Crippen molar-refractivity contribution in [3.05, 3.63) is 70.5 Å². The molecule has 2 aromatic carbocycles. The van der Waals surface area contributed by atoms with Gasteiger partial charge >= 0.3 is 0 Å². The number of nitrogens with two attached hydrogens (primary N) is 1. The summed E-state index contributed by atoms with van der Waals surface area (Å²) in [7, 11) is 0. The zero-order valence-corrected chi connectivity index (χ0v) is 16.9. The van der Waals surface area contributed by atoms with Gasteiger partial charge in [0.25, 0.3) is 0 Å². The van der Waals surface area contributed by atoms with Crippen LogP contribution >= 0.6 is 0 Å². The monoisotopic (exact) mass is 408 g/mol. The number of halogens is 1. The molecular weight excluding hydrogens is 383 g/mol. The highest BCUT2D eigenvalue weighted by Crippen LogP contribution is 2.27. The van der Waals surface area contributed by atoms with Crippen molar-refractivity contribution in [2.75, 3.05) is 13.1 Å². The topological polar surface area (TPSA) is 99.2 Å². The molecule has 30 heavy (non-hydrogen) atoms. The van der Waals surface area contributed by atoms with E-state index in [2.05, 4.69) is 11.4 Å². The van der Waals surface area contributed by atoms with Crippen molar-refractivity contribution in [1.82, 2.24) is 10.2 Å². The van der Waals surface area contributed by atoms with Crippen molar-refractivity contribution in [2.45, 2.75) is 32.4 Å². The highest BCUT2D eigenvalue weighted by atomic mass is 19.1. The van der Waals surface area contributed by atoms with E-state index in [1.165, 1.54) is 6.07 Å². The van der Waals surface area contributed by atoms with Crippen molar-refractivity contribution in [2.24, 2.45) is 11.7 Å². The molecule has 2 amide bonds. The molecule has 1 saturated heterocycles. The maximum absolute atomic E-state index is 13.7. The maximum atomic E-state index is 13.7. The van der Waals surface area contributed by atoms with Crippen LogP contribution in [0.3, 0.4) is 0 Å². The van der Waals surface area contributed by atoms with Crippen LogP contribution in [0.15, 0.2) is 42.5 Å². The van der Waals surface area contributed by atoms with E-state index in [-0.39, 0.29) is 24.2 Å². The first kappa shape index (κ1) is 21.5. The van der Waals surface area contributed by atoms with E-state index in [9.17, 15) is 14.0 Å². The number of nitrogens with one attached hydrogen (secondary N) is 1. The Hall–Kier alpha value is -3.24. The molecule has 2 aromatic rings. The predicted molar refractivity (Wildman–Crippen MR) is 110 cm³/mol. The number of likely N-dealkylation sites (tertiary alicyclic amines) is 1. The third-order valence-corrected chi connectivity index (χ3v) is 5.59. The van der Waals surface area contributed by atoms with Gasteiger partial charge in [0.1, 0.15) is 11.9 Å². The molecular formula is C23H25FN4O2. The van der Waals surface area contributed by atoms with Crippen molar-refractivity contribution in [3.63, 3.8) is 0 Å². The van der Waals surface area contributed by atoms with Gasteiger partial charge in [-0.25, -0.2) is 4.39 Å². The van der Waals surface area contributed by atoms with Crippen molar-refractivity contribution in [3.8, 4) is 6.07 Å². The minimum Gasteiger partial charge on any atom is -0.368 e. The fourth-order valence-electron chi connectivity index (χ4n) is 3.79. The number of rotatable bonds is 6. The lowest BCUT2D eigenvalue weighted by Gasteiger charge is -2.35. The van der Waals surface area contributed by atoms with Gasteiger partial charge in [-0.1, -0.05) is 24.3 Å². The number of aryl methyl sites for hydroxylation is 1. The van der Waals surface area contributed by atoms with Gasteiger partial charge in [0, 0.05) is 12.5 Å². The van der Waals surface area contributed by atoms with Crippen LogP contribution in [-0.4, -0.2) is 29.8 Å². The van der Waals surface area contributed by atoms with E-state index >= 15 is 0 Å². The molecule has 7 heteroatoms. The third-order valence-electron chi connectivity index (χ3n) is 5.59. The number of carbonyl (C=O) groups excluding carboxylic acids is 2. The summed E-state index contributed by atoms with van der Waals surface area (Å²) in [6.07, 6.45) is 1.21. The Balaban J connectivity index is 1.56. The zero-order chi connectivity index (χ0) is 21.7. The van der Waals surface area contributed by atoms with Crippen LogP contribution in [0.2, 0.25) is 0 Å². The SMILES string of the molecule is Cc1ccc(CNC(=O)C2CCN(C(C(N)=O)c3ccc(C#N)cc3)CC2)cc1F. The Morgan fingerprint density at radius 1 is 1.23 bits per heavy atom. The Labute approximate surface area is 175 Å². The molecule has 0 radical (unpaired) electrons. The summed E-state index contributed by atoms with van der Waals surface area (Å²) in [4.78, 5) is 26.6. The molecule has 0 bridgehead atoms. The molecule has 3 rings (SSSR count). The Morgan fingerprint density at radius 2 is 1.90 bits per heavy atom. The van der Waals surface area contributed by atoms with Gasteiger partial charge in [-0.05, 0) is 67.7 Å². The van der Waals surface area contributed by atoms with Crippen molar-refractivity contribution in [1.29, 1.82) is 5.26 Å². The van der Waals surface area contributed by atoms with Crippen LogP contribution < -0.4 is 11.1 Å². The van der Waals surface area contributed by atoms with Gasteiger partial charge in [-0.15, -0.1) is 0 Å². The van der Waals surface area contributed by atoms with Gasteiger partial charge < -0.3 is 11.1 Å². The van der Waals surface area contributed by atoms with Crippen molar-refractivity contribution < 1.29 is 14.0 Å². The first-order valence-electron chi connectivity index (χ1n) is 9.95. The lowest BCUT2D eigenvalue weighted by Crippen LogP contribution is -2.45. The molecule has 3 N–H and O–H groups in total. The minimum absolute atomic E-state index is 0.0652. The van der Waals surface area contributed by atoms with Crippen molar-refractivity contribution >= 4 is 11.8 Å². The van der Waals surface area contributed by atoms with Crippen LogP contribution in [0.4, 0.5) is 4.39 Å². The molecule has 1 atom stereocenters. The second-order valence-electron chi connectivity index (χ2n) is 7.65. The molecule has 0 saturated carbocycles. The van der Waals surface area contributed by atoms with E-state index in [0.29, 0.717) is 37.1 Å². The molecule has 0 aliphatic carbocycles. The molecule has 1 unspecified atom stereocenters. The van der Waals surface area contributed by atoms with Gasteiger partial charge in [0.15, 0.2) is 0 Å². The van der Waals surface area contributed by atoms with Gasteiger partial charge in [-0.2, -0.15) is 5.26 Å². The number of nitrogens with zero attached hydrogens (tertiary/aromatic N) is 2. The number of nitriles is 1. The number of carbonyl (C=O) groups is 2. The molecule has 1 aliphatic heterocycles. The number of hydrogen-bond donors (Lipinski definition) is 2. The van der Waals surface area contributed by atoms with E-state index in [4.69, 9.17) is 11.0 Å². The summed E-state index contributed by atoms with van der Waals surface area (Å²) in [6, 6.07) is 13.2. The normalized spacial score (nSPS) is 15.9. The molecule has 1 fully saturated rings. The second kappa shape index (κ2) is 9.51. The highest BCUT2D eigenvalue weighted by molar-refractivity contribution is 5.82. The Morgan fingerprint density at radius 3 is 2.47 bits per heavy atom. The van der Waals surface area contributed by atoms with Crippen LogP contribution in [0.25, 0.3) is 0 Å². The minimum atomic E-state index is -0.586. The van der Waals surface area contributed by atoms with Crippen LogP contribution in [-0.2, 0) is 16.1 Å². The van der Waals surface area contributed by atoms with Crippen LogP contribution in [0, 0.1) is 30.0 Å². The van der Waals surface area contributed by atoms with E-state index in [1.807, 2.05) is 4.90 Å². The molecule has 1 aliphatic rings. The van der Waals surface area contributed by atoms with E-state index in [0.717, 1.165) is 11.1 Å². The highest BCUT2D eigenvalue weighted by Gasteiger charge is 2.32. The van der Waals surface area contributed by atoms with E-state index < -0.39 is 11.9 Å². The van der Waals surface area contributed by atoms with Gasteiger partial charge in [0.05, 0.1) is 11.6 Å². The smallest absolute Gasteiger partial charge is 0.239 e. The summed E-state index contributed by atoms with van der Waals surface area (Å²) in [5.41, 5.74) is 8.20. The second-order valence-corrected chi connectivity index (χ2v) is 7.65. The molecule has 156 valence electrons. The number of primary amides is 1. The zero-order valence-electron chi connectivity index (χ0n) is 16.9. The fourth-order valence-corrected chi connectivity index (χ4v) is 3.79. The van der Waals surface area contributed by atoms with Crippen LogP contribution in [0.5, 0.6) is 0 Å². The standard InChI is InChI=1S/C23H25FN4O2/c1-15-2-3-17(12-20(15)24)14-27-23(30)19-8-10-28(11-9-19)21(22(26)29)18-6-4-16(13-25)5-7-18/h2-7,12,19,21H,8-11,14H2,1H3,(H2,26,29)(H,27,30). The largest absolute Gasteiger partial charge is 0.368 e. The summed E-state index contributed by atoms with van der Waals surface area (Å²) in [6.45, 7) is 3.10. The first-order valence-corrected chi connectivity index (χ1v) is 9.95. The molecule has 0 aromatic heterocycles. The molecule has 0 spiro atoms. The Bertz CT molecular complexity index is 960. The number of hydrogen-bond acceptors (Lipinski definition) is 4. The summed E-state index contributed by atoms with van der Waals surface area (Å²) in [5, 5.41) is 11.8. The quantitative estimate of drug-likeness (QED) is 0.767. The van der Waals surface area contributed by atoms with Gasteiger partial charge in [-0.3, -0.25) is 14.5 Å².